The molecule has 1 aliphatic heterocycles. The zero-order valence-electron chi connectivity index (χ0n) is 13.8. The van der Waals surface area contributed by atoms with Gasteiger partial charge in [0.1, 0.15) is 10.4 Å². The number of carboxylic acids is 2. The minimum atomic E-state index is -1.57. The fourth-order valence-corrected chi connectivity index (χ4v) is 3.72. The first kappa shape index (κ1) is 19.7. The summed E-state index contributed by atoms with van der Waals surface area (Å²) in [5, 5.41) is 18.2. The molecule has 0 spiro atoms. The van der Waals surface area contributed by atoms with Crippen LogP contribution in [0.5, 0.6) is 11.5 Å². The third-order valence-corrected chi connectivity index (χ3v) is 4.84. The van der Waals surface area contributed by atoms with Crippen molar-refractivity contribution in [2.24, 2.45) is 0 Å². The number of para-hydroxylation sites is 1. The van der Waals surface area contributed by atoms with Gasteiger partial charge in [-0.25, -0.2) is 4.79 Å². The Bertz CT molecular complexity index is 806. The summed E-state index contributed by atoms with van der Waals surface area (Å²) in [4.78, 5) is 35.9. The van der Waals surface area contributed by atoms with Crippen molar-refractivity contribution in [3.63, 3.8) is 0 Å². The molecule has 1 atom stereocenters. The van der Waals surface area contributed by atoms with Crippen LogP contribution in [0.25, 0.3) is 6.08 Å². The minimum Gasteiger partial charge on any atom is -0.493 e. The molecule has 138 valence electrons. The lowest BCUT2D eigenvalue weighted by atomic mass is 10.1. The molecule has 1 amide bonds. The molecule has 10 heteroatoms. The molecule has 0 aromatic heterocycles. The van der Waals surface area contributed by atoms with E-state index in [1.54, 1.807) is 18.2 Å². The molecule has 26 heavy (non-hydrogen) atoms. The number of nitrogens with zero attached hydrogens (tertiary/aromatic N) is 1. The molecule has 1 aromatic rings. The second kappa shape index (κ2) is 8.19. The summed E-state index contributed by atoms with van der Waals surface area (Å²) in [6, 6.07) is 3.52. The Morgan fingerprint density at radius 2 is 2.00 bits per heavy atom. The van der Waals surface area contributed by atoms with E-state index in [1.165, 1.54) is 20.3 Å². The van der Waals surface area contributed by atoms with Crippen molar-refractivity contribution in [1.82, 2.24) is 4.90 Å². The van der Waals surface area contributed by atoms with E-state index in [1.807, 2.05) is 0 Å². The predicted molar refractivity (Wildman–Crippen MR) is 98.2 cm³/mol. The van der Waals surface area contributed by atoms with E-state index in [-0.39, 0.29) is 9.23 Å². The van der Waals surface area contributed by atoms with Gasteiger partial charge in [-0.3, -0.25) is 14.5 Å². The highest BCUT2D eigenvalue weighted by atomic mass is 32.2. The van der Waals surface area contributed by atoms with Crippen LogP contribution in [-0.4, -0.2) is 57.5 Å². The summed E-state index contributed by atoms with van der Waals surface area (Å²) in [6.45, 7) is 0. The van der Waals surface area contributed by atoms with Crippen LogP contribution in [0.15, 0.2) is 23.1 Å². The molecule has 1 aliphatic rings. The fraction of sp³-hybridized carbons (Fsp3) is 0.250. The van der Waals surface area contributed by atoms with Gasteiger partial charge < -0.3 is 19.7 Å². The quantitative estimate of drug-likeness (QED) is 0.525. The van der Waals surface area contributed by atoms with Gasteiger partial charge in [0.2, 0.25) is 0 Å². The molecule has 2 N–H and O–H groups in total. The predicted octanol–water partition coefficient (Wildman–Crippen LogP) is 1.83. The van der Waals surface area contributed by atoms with Crippen molar-refractivity contribution in [3.8, 4) is 11.5 Å². The average Bonchev–Trinajstić information content (AvgIpc) is 2.85. The maximum atomic E-state index is 12.6. The second-order valence-corrected chi connectivity index (χ2v) is 6.76. The largest absolute Gasteiger partial charge is 0.493 e. The molecular formula is C16H15NO7S2. The summed E-state index contributed by atoms with van der Waals surface area (Å²) < 4.78 is 10.5. The summed E-state index contributed by atoms with van der Waals surface area (Å²) in [7, 11) is 2.93. The topological polar surface area (TPSA) is 113 Å². The van der Waals surface area contributed by atoms with Gasteiger partial charge in [-0.15, -0.1) is 0 Å². The van der Waals surface area contributed by atoms with Crippen LogP contribution in [0.3, 0.4) is 0 Å². The van der Waals surface area contributed by atoms with Gasteiger partial charge in [0.15, 0.2) is 11.5 Å². The number of carboxylic acid groups (broad SMARTS) is 2. The van der Waals surface area contributed by atoms with Crippen LogP contribution in [0.4, 0.5) is 0 Å². The number of aliphatic carboxylic acids is 2. The normalized spacial score (nSPS) is 16.7. The number of amides is 1. The number of benzene rings is 1. The minimum absolute atomic E-state index is 0.0169. The lowest BCUT2D eigenvalue weighted by molar-refractivity contribution is -0.150. The number of hydrogen-bond acceptors (Lipinski definition) is 7. The molecule has 0 saturated carbocycles. The van der Waals surface area contributed by atoms with Crippen LogP contribution in [0.1, 0.15) is 12.0 Å². The first-order chi connectivity index (χ1) is 12.3. The van der Waals surface area contributed by atoms with Gasteiger partial charge in [0, 0.05) is 5.56 Å². The molecular weight excluding hydrogens is 382 g/mol. The summed E-state index contributed by atoms with van der Waals surface area (Å²) >= 11 is 5.98. The standard InChI is InChI=1S/C16H15NO7S2/c1-23-10-5-3-4-8(13(10)24-2)6-11-14(20)17(16(25)26-11)9(15(21)22)7-12(18)19/h3-6,9H,7H2,1-2H3,(H,18,19)(H,21,22)/b11-6-/t9-/m1/s1. The van der Waals surface area contributed by atoms with Crippen LogP contribution in [-0.2, 0) is 14.4 Å². The molecule has 0 bridgehead atoms. The molecule has 2 rings (SSSR count). The Balaban J connectivity index is 2.41. The van der Waals surface area contributed by atoms with Crippen LogP contribution in [0.2, 0.25) is 0 Å². The van der Waals surface area contributed by atoms with Gasteiger partial charge in [-0.05, 0) is 12.1 Å². The molecule has 0 aliphatic carbocycles. The highest BCUT2D eigenvalue weighted by Gasteiger charge is 2.41. The van der Waals surface area contributed by atoms with Crippen molar-refractivity contribution >= 4 is 52.2 Å². The Labute approximate surface area is 158 Å². The van der Waals surface area contributed by atoms with E-state index in [4.69, 9.17) is 26.8 Å². The van der Waals surface area contributed by atoms with Crippen molar-refractivity contribution in [2.75, 3.05) is 14.2 Å². The zero-order valence-corrected chi connectivity index (χ0v) is 15.4. The maximum Gasteiger partial charge on any atom is 0.327 e. The van der Waals surface area contributed by atoms with E-state index in [2.05, 4.69) is 0 Å². The monoisotopic (exact) mass is 397 g/mol. The van der Waals surface area contributed by atoms with Gasteiger partial charge in [0.25, 0.3) is 5.91 Å². The Hall–Kier alpha value is -2.59. The van der Waals surface area contributed by atoms with Gasteiger partial charge in [-0.2, -0.15) is 0 Å². The smallest absolute Gasteiger partial charge is 0.327 e. The molecule has 1 aromatic carbocycles. The number of carbonyl (C=O) groups excluding carboxylic acids is 1. The van der Waals surface area contributed by atoms with E-state index in [9.17, 15) is 19.5 Å². The highest BCUT2D eigenvalue weighted by molar-refractivity contribution is 8.26. The van der Waals surface area contributed by atoms with Crippen LogP contribution < -0.4 is 9.47 Å². The Morgan fingerprint density at radius 1 is 1.31 bits per heavy atom. The molecule has 1 heterocycles. The Kier molecular flexibility index (Phi) is 6.22. The van der Waals surface area contributed by atoms with Crippen molar-refractivity contribution < 1.29 is 34.1 Å². The number of ether oxygens (including phenoxy) is 2. The number of thiocarbonyl (C=S) groups is 1. The SMILES string of the molecule is COc1cccc(/C=C2\SC(=S)N([C@H](CC(=O)O)C(=O)O)C2=O)c1OC. The number of carbonyl (C=O) groups is 3. The number of thioether (sulfide) groups is 1. The summed E-state index contributed by atoms with van der Waals surface area (Å²) in [6.07, 6.45) is 0.748. The van der Waals surface area contributed by atoms with E-state index in [0.29, 0.717) is 17.1 Å². The summed E-state index contributed by atoms with van der Waals surface area (Å²) in [5.41, 5.74) is 0.539. The third-order valence-electron chi connectivity index (χ3n) is 3.51. The van der Waals surface area contributed by atoms with E-state index in [0.717, 1.165) is 16.7 Å². The average molecular weight is 397 g/mol. The van der Waals surface area contributed by atoms with Crippen molar-refractivity contribution in [2.45, 2.75) is 12.5 Å². The Morgan fingerprint density at radius 3 is 2.54 bits per heavy atom. The third kappa shape index (κ3) is 3.97. The molecule has 0 radical (unpaired) electrons. The van der Waals surface area contributed by atoms with Crippen LogP contribution in [0, 0.1) is 0 Å². The second-order valence-electron chi connectivity index (χ2n) is 5.09. The van der Waals surface area contributed by atoms with Gasteiger partial charge in [-0.1, -0.05) is 36.1 Å². The lowest BCUT2D eigenvalue weighted by Crippen LogP contribution is -2.45. The van der Waals surface area contributed by atoms with Crippen molar-refractivity contribution in [1.29, 1.82) is 0 Å². The molecule has 1 saturated heterocycles. The van der Waals surface area contributed by atoms with Crippen molar-refractivity contribution in [3.05, 3.63) is 28.7 Å². The summed E-state index contributed by atoms with van der Waals surface area (Å²) in [5.74, 6) is -2.58. The fourth-order valence-electron chi connectivity index (χ4n) is 2.37. The van der Waals surface area contributed by atoms with Gasteiger partial charge >= 0.3 is 11.9 Å². The molecule has 1 fully saturated rings. The van der Waals surface area contributed by atoms with Gasteiger partial charge in [0.05, 0.1) is 25.5 Å². The zero-order chi connectivity index (χ0) is 19.4. The maximum absolute atomic E-state index is 12.6. The highest BCUT2D eigenvalue weighted by Crippen LogP contribution is 2.38. The van der Waals surface area contributed by atoms with Crippen LogP contribution >= 0.6 is 24.0 Å². The lowest BCUT2D eigenvalue weighted by Gasteiger charge is -2.21. The molecule has 8 nitrogen and oxygen atoms in total. The van der Waals surface area contributed by atoms with E-state index >= 15 is 0 Å². The first-order valence-corrected chi connectivity index (χ1v) is 8.45. The number of rotatable bonds is 7. The number of hydrogen-bond donors (Lipinski definition) is 2. The number of methoxy groups -OCH3 is 2. The first-order valence-electron chi connectivity index (χ1n) is 7.22. The van der Waals surface area contributed by atoms with E-state index < -0.39 is 30.3 Å². The molecule has 0 unspecified atom stereocenters.